The number of Topliss-reactive ketones (excluding diaryl/α,β-unsaturated/α-hetero) is 2. The summed E-state index contributed by atoms with van der Waals surface area (Å²) in [5.41, 5.74) is 7.05. The molecule has 14 rings (SSSR count). The molecule has 62 heavy (non-hydrogen) atoms. The van der Waals surface area contributed by atoms with E-state index < -0.39 is 11.8 Å². The van der Waals surface area contributed by atoms with Gasteiger partial charge in [0.15, 0.2) is 11.6 Å². The third kappa shape index (κ3) is 4.38. The Kier molecular flexibility index (Phi) is 6.72. The highest BCUT2D eigenvalue weighted by molar-refractivity contribution is 6.33. The zero-order chi connectivity index (χ0) is 40.8. The first-order chi connectivity index (χ1) is 30.6. The van der Waals surface area contributed by atoms with Crippen LogP contribution in [-0.2, 0) is 0 Å². The largest absolute Gasteiger partial charge is 0.293 e. The van der Waals surface area contributed by atoms with Crippen molar-refractivity contribution in [1.82, 2.24) is 0 Å². The van der Waals surface area contributed by atoms with Crippen LogP contribution in [0.5, 0.6) is 0 Å². The minimum absolute atomic E-state index is 0.0149. The molecule has 2 aliphatic rings. The van der Waals surface area contributed by atoms with Gasteiger partial charge in [-0.2, -0.15) is 0 Å². The number of ketones is 2. The van der Waals surface area contributed by atoms with E-state index in [-0.39, 0.29) is 11.6 Å². The van der Waals surface area contributed by atoms with Gasteiger partial charge in [0, 0.05) is 11.1 Å². The molecule has 2 aliphatic carbocycles. The number of hydrogen-bond acceptors (Lipinski definition) is 2. The first-order valence-corrected chi connectivity index (χ1v) is 21.5. The van der Waals surface area contributed by atoms with Gasteiger partial charge in [0.1, 0.15) is 0 Å². The summed E-state index contributed by atoms with van der Waals surface area (Å²) in [5.74, 6) is -1.66. The first-order valence-electron chi connectivity index (χ1n) is 21.5. The second-order valence-electron chi connectivity index (χ2n) is 17.3. The molecule has 12 aromatic carbocycles. The predicted octanol–water partition coefficient (Wildman–Crippen LogP) is 15.5. The number of carbonyl (C=O) groups is 2. The number of fused-ring (bicyclic) bond motifs is 22. The van der Waals surface area contributed by atoms with Crippen LogP contribution in [-0.4, -0.2) is 11.6 Å². The fourth-order valence-corrected chi connectivity index (χ4v) is 11.7. The second kappa shape index (κ2) is 12.3. The summed E-state index contributed by atoms with van der Waals surface area (Å²) in [7, 11) is 0. The van der Waals surface area contributed by atoms with E-state index in [0.717, 1.165) is 87.2 Å². The number of hydrogen-bond donors (Lipinski definition) is 0. The van der Waals surface area contributed by atoms with Gasteiger partial charge in [0.25, 0.3) is 0 Å². The molecule has 0 heterocycles. The van der Waals surface area contributed by atoms with E-state index in [1.807, 2.05) is 36.4 Å². The molecule has 2 heteroatoms. The lowest BCUT2D eigenvalue weighted by molar-refractivity contribution is 0.0865. The molecule has 0 aromatic heterocycles. The van der Waals surface area contributed by atoms with Crippen molar-refractivity contribution in [2.24, 2.45) is 0 Å². The molecule has 0 fully saturated rings. The Morgan fingerprint density at radius 2 is 0.516 bits per heavy atom. The monoisotopic (exact) mass is 786 g/mol. The van der Waals surface area contributed by atoms with Crippen LogP contribution in [0.3, 0.4) is 0 Å². The lowest BCUT2D eigenvalue weighted by Gasteiger charge is -2.37. The molecule has 0 bridgehead atoms. The van der Waals surface area contributed by atoms with Crippen LogP contribution in [0.15, 0.2) is 194 Å². The highest BCUT2D eigenvalue weighted by Crippen LogP contribution is 2.57. The van der Waals surface area contributed by atoms with Gasteiger partial charge in [-0.25, -0.2) is 0 Å². The minimum Gasteiger partial charge on any atom is -0.293 e. The summed E-state index contributed by atoms with van der Waals surface area (Å²) >= 11 is 0. The van der Waals surface area contributed by atoms with Crippen LogP contribution in [0.4, 0.5) is 0 Å². The topological polar surface area (TPSA) is 34.1 Å². The van der Waals surface area contributed by atoms with Crippen molar-refractivity contribution in [3.05, 3.63) is 216 Å². The minimum atomic E-state index is -0.813. The van der Waals surface area contributed by atoms with Crippen LogP contribution in [0.1, 0.15) is 43.7 Å². The fourth-order valence-electron chi connectivity index (χ4n) is 11.7. The summed E-state index contributed by atoms with van der Waals surface area (Å²) in [4.78, 5) is 32.1. The van der Waals surface area contributed by atoms with Crippen molar-refractivity contribution in [3.63, 3.8) is 0 Å². The Balaban J connectivity index is 1.20. The molecule has 2 nitrogen and oxygen atoms in total. The molecular formula is C60H34O2. The Morgan fingerprint density at radius 3 is 0.919 bits per heavy atom. The molecule has 2 atom stereocenters. The van der Waals surface area contributed by atoms with E-state index in [0.29, 0.717) is 11.1 Å². The molecule has 0 aliphatic heterocycles. The molecule has 0 amide bonds. The van der Waals surface area contributed by atoms with Gasteiger partial charge in [0.2, 0.25) is 0 Å². The summed E-state index contributed by atoms with van der Waals surface area (Å²) in [5, 5.41) is 17.9. The average molecular weight is 787 g/mol. The van der Waals surface area contributed by atoms with Crippen molar-refractivity contribution < 1.29 is 9.59 Å². The molecule has 0 unspecified atom stereocenters. The maximum Gasteiger partial charge on any atom is 0.172 e. The third-order valence-electron chi connectivity index (χ3n) is 14.3. The van der Waals surface area contributed by atoms with Crippen LogP contribution >= 0.6 is 0 Å². The van der Waals surface area contributed by atoms with E-state index in [1.165, 1.54) is 32.3 Å². The van der Waals surface area contributed by atoms with Crippen molar-refractivity contribution in [1.29, 1.82) is 0 Å². The van der Waals surface area contributed by atoms with Gasteiger partial charge in [0.05, 0.1) is 11.8 Å². The zero-order valence-electron chi connectivity index (χ0n) is 33.4. The fraction of sp³-hybridized carbons (Fsp3) is 0.0333. The molecule has 286 valence electrons. The van der Waals surface area contributed by atoms with Crippen molar-refractivity contribution in [2.45, 2.75) is 11.8 Å². The maximum atomic E-state index is 16.0. The SMILES string of the molecule is O=C1c2ccccc2-c2ccc3ccc4ccc5ccc6ccccc6c5c4c3c2[C@@H]1[C@@H]1C(=O)c2ccccc2-c2ccc3ccc4ccc5ccc6ccccc6c5c4c3c21. The van der Waals surface area contributed by atoms with E-state index in [9.17, 15) is 0 Å². The number of benzene rings is 12. The average Bonchev–Trinajstić information content (AvgIpc) is 3.33. The summed E-state index contributed by atoms with van der Waals surface area (Å²) < 4.78 is 0. The van der Waals surface area contributed by atoms with Gasteiger partial charge >= 0.3 is 0 Å². The Labute approximate surface area is 356 Å². The molecule has 12 aromatic rings. The molecule has 0 radical (unpaired) electrons. The zero-order valence-corrected chi connectivity index (χ0v) is 33.4. The highest BCUT2D eigenvalue weighted by atomic mass is 16.1. The van der Waals surface area contributed by atoms with Gasteiger partial charge < -0.3 is 0 Å². The van der Waals surface area contributed by atoms with Crippen LogP contribution in [0.2, 0.25) is 0 Å². The molecule has 0 N–H and O–H groups in total. The van der Waals surface area contributed by atoms with Crippen molar-refractivity contribution in [2.75, 3.05) is 0 Å². The molecule has 0 spiro atoms. The van der Waals surface area contributed by atoms with Crippen molar-refractivity contribution in [3.8, 4) is 22.3 Å². The molecule has 0 saturated heterocycles. The summed E-state index contributed by atoms with van der Waals surface area (Å²) in [6.07, 6.45) is 0. The lowest BCUT2D eigenvalue weighted by Crippen LogP contribution is -2.33. The van der Waals surface area contributed by atoms with Gasteiger partial charge in [-0.3, -0.25) is 9.59 Å². The number of carbonyl (C=O) groups excluding carboxylic acids is 2. The van der Waals surface area contributed by atoms with Gasteiger partial charge in [-0.15, -0.1) is 0 Å². The van der Waals surface area contributed by atoms with Crippen molar-refractivity contribution >= 4 is 97.7 Å². The molecule has 0 saturated carbocycles. The van der Waals surface area contributed by atoms with Gasteiger partial charge in [-0.05, 0) is 120 Å². The van der Waals surface area contributed by atoms with Crippen LogP contribution < -0.4 is 0 Å². The summed E-state index contributed by atoms with van der Waals surface area (Å²) in [6, 6.07) is 68.6. The smallest absolute Gasteiger partial charge is 0.172 e. The molecular weight excluding hydrogens is 753 g/mol. The Morgan fingerprint density at radius 1 is 0.226 bits per heavy atom. The lowest BCUT2D eigenvalue weighted by atomic mass is 9.63. The van der Waals surface area contributed by atoms with E-state index in [1.54, 1.807) is 0 Å². The second-order valence-corrected chi connectivity index (χ2v) is 17.3. The summed E-state index contributed by atoms with van der Waals surface area (Å²) in [6.45, 7) is 0. The Hall–Kier alpha value is -7.94. The Bertz CT molecular complexity index is 3760. The number of rotatable bonds is 1. The van der Waals surface area contributed by atoms with E-state index >= 15 is 9.59 Å². The van der Waals surface area contributed by atoms with E-state index in [2.05, 4.69) is 158 Å². The quantitative estimate of drug-likeness (QED) is 0.155. The maximum absolute atomic E-state index is 16.0. The third-order valence-corrected chi connectivity index (χ3v) is 14.3. The van der Waals surface area contributed by atoms with Crippen LogP contribution in [0, 0.1) is 0 Å². The van der Waals surface area contributed by atoms with Gasteiger partial charge in [-0.1, -0.05) is 194 Å². The highest BCUT2D eigenvalue weighted by Gasteiger charge is 2.47. The normalized spacial score (nSPS) is 15.8. The standard InChI is InChI=1S/C60H34O2/c61-59-47-15-7-5-13-43(47)45-31-29-39-27-25-37-23-21-35-19-17-33-9-1-3-11-41(33)49(35)51(37)53(39)55(45)57(59)58-56-46(44-14-6-8-16-48(44)60(58)62)32-30-40-28-26-38-24-22-36-20-18-34-10-2-4-12-42(34)50(36)52(38)54(40)56/h1-32,57-58H/t57-,58-/m1/s1. The predicted molar refractivity (Wildman–Crippen MR) is 258 cm³/mol. The first kappa shape index (κ1) is 33.8. The van der Waals surface area contributed by atoms with Crippen LogP contribution in [0.25, 0.3) is 108 Å². The van der Waals surface area contributed by atoms with E-state index in [4.69, 9.17) is 0 Å².